The van der Waals surface area contributed by atoms with E-state index in [1.807, 2.05) is 97.6 Å². The van der Waals surface area contributed by atoms with Crippen LogP contribution in [0.15, 0.2) is 103 Å². The highest BCUT2D eigenvalue weighted by molar-refractivity contribution is 6.15. The average molecular weight is 515 g/mol. The number of nitrogens with one attached hydrogen (secondary N) is 1. The monoisotopic (exact) mass is 514 g/mol. The molecule has 1 aliphatic rings. The van der Waals surface area contributed by atoms with E-state index >= 15 is 0 Å². The first-order valence-corrected chi connectivity index (χ1v) is 13.1. The minimum atomic E-state index is -0.428. The van der Waals surface area contributed by atoms with Crippen LogP contribution in [0.5, 0.6) is 11.5 Å². The number of amides is 1. The summed E-state index contributed by atoms with van der Waals surface area (Å²) in [5.74, 6) is 1.57. The molecule has 0 aliphatic carbocycles. The van der Waals surface area contributed by atoms with Gasteiger partial charge in [0.25, 0.3) is 5.91 Å². The van der Waals surface area contributed by atoms with Crippen molar-refractivity contribution in [3.8, 4) is 11.5 Å². The zero-order valence-corrected chi connectivity index (χ0v) is 22.3. The molecule has 1 N–H and O–H groups in total. The van der Waals surface area contributed by atoms with Crippen molar-refractivity contribution in [3.05, 3.63) is 131 Å². The first-order chi connectivity index (χ1) is 19.0. The van der Waals surface area contributed by atoms with Gasteiger partial charge in [0, 0.05) is 16.6 Å². The van der Waals surface area contributed by atoms with Crippen molar-refractivity contribution in [1.29, 1.82) is 0 Å². The lowest BCUT2D eigenvalue weighted by atomic mass is 9.99. The van der Waals surface area contributed by atoms with Crippen LogP contribution in [-0.2, 0) is 6.61 Å². The number of ether oxygens (including phenoxy) is 2. The maximum absolute atomic E-state index is 14.1. The molecule has 5 aromatic rings. The average Bonchev–Trinajstić information content (AvgIpc) is 2.96. The molecule has 1 amide bonds. The quantitative estimate of drug-likeness (QED) is 0.251. The van der Waals surface area contributed by atoms with Gasteiger partial charge in [-0.15, -0.1) is 0 Å². The summed E-state index contributed by atoms with van der Waals surface area (Å²) in [5, 5.41) is 5.74. The van der Waals surface area contributed by atoms with Crippen LogP contribution in [0.1, 0.15) is 38.8 Å². The Morgan fingerprint density at radius 1 is 0.821 bits per heavy atom. The number of hydrogen-bond donors (Lipinski definition) is 1. The van der Waals surface area contributed by atoms with E-state index in [9.17, 15) is 4.79 Å². The molecule has 1 heterocycles. The lowest BCUT2D eigenvalue weighted by molar-refractivity contribution is 0.0975. The number of nitrogens with zero attached hydrogens (tertiary/aromatic N) is 1. The van der Waals surface area contributed by atoms with Crippen molar-refractivity contribution in [2.75, 3.05) is 17.3 Å². The van der Waals surface area contributed by atoms with Crippen molar-refractivity contribution in [3.63, 3.8) is 0 Å². The number of anilines is 2. The van der Waals surface area contributed by atoms with Crippen LogP contribution in [0.25, 0.3) is 10.8 Å². The minimum Gasteiger partial charge on any atom is -0.496 e. The van der Waals surface area contributed by atoms with E-state index < -0.39 is 6.17 Å². The van der Waals surface area contributed by atoms with E-state index in [-0.39, 0.29) is 5.91 Å². The van der Waals surface area contributed by atoms with Crippen LogP contribution in [0.4, 0.5) is 11.4 Å². The van der Waals surface area contributed by atoms with Gasteiger partial charge in [0.05, 0.1) is 18.4 Å². The number of para-hydroxylation sites is 2. The van der Waals surface area contributed by atoms with Gasteiger partial charge < -0.3 is 14.8 Å². The zero-order chi connectivity index (χ0) is 26.9. The van der Waals surface area contributed by atoms with Crippen LogP contribution in [0, 0.1) is 13.8 Å². The Balaban J connectivity index is 1.45. The van der Waals surface area contributed by atoms with Gasteiger partial charge >= 0.3 is 0 Å². The SMILES string of the molecule is COc1ccc([C@H]2Nc3ccccc3C(=O)N2c2cccc3ccccc23)cc1COc1c(C)cccc1C. The van der Waals surface area contributed by atoms with Crippen molar-refractivity contribution >= 4 is 28.1 Å². The first-order valence-electron chi connectivity index (χ1n) is 13.1. The predicted octanol–water partition coefficient (Wildman–Crippen LogP) is 7.82. The summed E-state index contributed by atoms with van der Waals surface area (Å²) in [4.78, 5) is 15.9. The summed E-state index contributed by atoms with van der Waals surface area (Å²) in [5.41, 5.74) is 6.33. The van der Waals surface area contributed by atoms with E-state index in [2.05, 4.69) is 29.6 Å². The normalized spacial score (nSPS) is 14.6. The molecule has 5 heteroatoms. The maximum Gasteiger partial charge on any atom is 0.262 e. The molecule has 5 aromatic carbocycles. The highest BCUT2D eigenvalue weighted by Gasteiger charge is 2.35. The first kappa shape index (κ1) is 24.6. The van der Waals surface area contributed by atoms with Gasteiger partial charge in [0.1, 0.15) is 24.3 Å². The molecule has 0 fully saturated rings. The van der Waals surface area contributed by atoms with Gasteiger partial charge in [-0.05, 0) is 66.3 Å². The fourth-order valence-electron chi connectivity index (χ4n) is 5.41. The number of carbonyl (C=O) groups excluding carboxylic acids is 1. The second-order valence-corrected chi connectivity index (χ2v) is 9.85. The lowest BCUT2D eigenvalue weighted by Gasteiger charge is -2.39. The summed E-state index contributed by atoms with van der Waals surface area (Å²) in [6.07, 6.45) is -0.428. The summed E-state index contributed by atoms with van der Waals surface area (Å²) < 4.78 is 12.0. The Kier molecular flexibility index (Phi) is 6.41. The Morgan fingerprint density at radius 2 is 1.54 bits per heavy atom. The second kappa shape index (κ2) is 10.2. The molecule has 194 valence electrons. The van der Waals surface area contributed by atoms with Gasteiger partial charge in [-0.2, -0.15) is 0 Å². The Hall–Kier alpha value is -4.77. The number of aryl methyl sites for hydroxylation is 2. The molecule has 5 nitrogen and oxygen atoms in total. The molecule has 1 atom stereocenters. The standard InChI is InChI=1S/C34H30N2O3/c1-22-10-8-11-23(2)32(22)39-21-26-20-25(18-19-31(26)38-3)33-35-29-16-7-6-15-28(29)34(37)36(33)30-17-9-13-24-12-4-5-14-27(24)30/h4-20,33,35H,21H2,1-3H3/t33-/m0/s1. The molecule has 0 aromatic heterocycles. The number of benzene rings is 5. The fraction of sp³-hybridized carbons (Fsp3) is 0.147. The predicted molar refractivity (Wildman–Crippen MR) is 157 cm³/mol. The van der Waals surface area contributed by atoms with Crippen molar-refractivity contribution in [1.82, 2.24) is 0 Å². The molecular weight excluding hydrogens is 484 g/mol. The van der Waals surface area contributed by atoms with Gasteiger partial charge in [-0.25, -0.2) is 0 Å². The molecule has 0 spiro atoms. The van der Waals surface area contributed by atoms with E-state index in [0.717, 1.165) is 55.9 Å². The van der Waals surface area contributed by atoms with Crippen LogP contribution in [0.3, 0.4) is 0 Å². The molecule has 0 saturated carbocycles. The van der Waals surface area contributed by atoms with E-state index in [1.165, 1.54) is 0 Å². The highest BCUT2D eigenvalue weighted by atomic mass is 16.5. The third-order valence-corrected chi connectivity index (χ3v) is 7.35. The summed E-state index contributed by atoms with van der Waals surface area (Å²) in [7, 11) is 1.67. The molecule has 0 unspecified atom stereocenters. The zero-order valence-electron chi connectivity index (χ0n) is 22.3. The Morgan fingerprint density at radius 3 is 2.36 bits per heavy atom. The fourth-order valence-corrected chi connectivity index (χ4v) is 5.41. The molecular formula is C34H30N2O3. The molecule has 6 rings (SSSR count). The third-order valence-electron chi connectivity index (χ3n) is 7.35. The molecule has 0 saturated heterocycles. The van der Waals surface area contributed by atoms with Crippen LogP contribution in [-0.4, -0.2) is 13.0 Å². The van der Waals surface area contributed by atoms with E-state index in [1.54, 1.807) is 7.11 Å². The van der Waals surface area contributed by atoms with Gasteiger partial charge in [0.15, 0.2) is 0 Å². The maximum atomic E-state index is 14.1. The number of methoxy groups -OCH3 is 1. The molecule has 1 aliphatic heterocycles. The van der Waals surface area contributed by atoms with Crippen LogP contribution in [0.2, 0.25) is 0 Å². The lowest BCUT2D eigenvalue weighted by Crippen LogP contribution is -2.43. The van der Waals surface area contributed by atoms with Gasteiger partial charge in [0.2, 0.25) is 0 Å². The second-order valence-electron chi connectivity index (χ2n) is 9.85. The number of hydrogen-bond acceptors (Lipinski definition) is 4. The number of fused-ring (bicyclic) bond motifs is 2. The number of carbonyl (C=O) groups is 1. The van der Waals surface area contributed by atoms with Gasteiger partial charge in [-0.1, -0.05) is 72.8 Å². The topological polar surface area (TPSA) is 50.8 Å². The van der Waals surface area contributed by atoms with Crippen LogP contribution < -0.4 is 19.7 Å². The minimum absolute atomic E-state index is 0.0464. The Labute approximate surface area is 228 Å². The van der Waals surface area contributed by atoms with Crippen LogP contribution >= 0.6 is 0 Å². The molecule has 0 radical (unpaired) electrons. The third kappa shape index (κ3) is 4.46. The molecule has 0 bridgehead atoms. The van der Waals surface area contributed by atoms with Crippen molar-refractivity contribution in [2.24, 2.45) is 0 Å². The smallest absolute Gasteiger partial charge is 0.262 e. The largest absolute Gasteiger partial charge is 0.496 e. The van der Waals surface area contributed by atoms with Crippen molar-refractivity contribution in [2.45, 2.75) is 26.6 Å². The number of rotatable bonds is 6. The highest BCUT2D eigenvalue weighted by Crippen LogP contribution is 2.40. The Bertz CT molecular complexity index is 1670. The summed E-state index contributed by atoms with van der Waals surface area (Å²) >= 11 is 0. The molecule has 39 heavy (non-hydrogen) atoms. The van der Waals surface area contributed by atoms with E-state index in [0.29, 0.717) is 12.2 Å². The van der Waals surface area contributed by atoms with E-state index in [4.69, 9.17) is 9.47 Å². The van der Waals surface area contributed by atoms with Crippen molar-refractivity contribution < 1.29 is 14.3 Å². The summed E-state index contributed by atoms with van der Waals surface area (Å²) in [6.45, 7) is 4.44. The van der Waals surface area contributed by atoms with Gasteiger partial charge in [-0.3, -0.25) is 9.69 Å². The summed E-state index contributed by atoms with van der Waals surface area (Å²) in [6, 6.07) is 34.1.